The van der Waals surface area contributed by atoms with Gasteiger partial charge in [0.25, 0.3) is 5.91 Å². The molecule has 0 saturated carbocycles. The molecule has 1 N–H and O–H groups in total. The molecule has 3 rings (SSSR count). The number of carbonyl (C=O) groups is 1. The largest absolute Gasteiger partial charge is 0.388 e. The van der Waals surface area contributed by atoms with Crippen LogP contribution in [0, 0.1) is 5.82 Å². The second kappa shape index (κ2) is 4.82. The number of piperidine rings is 1. The first-order valence-electron chi connectivity index (χ1n) is 6.66. The molecule has 0 radical (unpaired) electrons. The number of hydrogen-bond acceptors (Lipinski definition) is 3. The molecule has 1 unspecified atom stereocenters. The summed E-state index contributed by atoms with van der Waals surface area (Å²) in [6.07, 6.45) is 1.50. The van der Waals surface area contributed by atoms with Gasteiger partial charge in [-0.3, -0.25) is 4.79 Å². The lowest BCUT2D eigenvalue weighted by Crippen LogP contribution is -2.48. The number of aliphatic hydroxyl groups is 1. The van der Waals surface area contributed by atoms with Gasteiger partial charge in [-0.05, 0) is 38.0 Å². The third kappa shape index (κ3) is 2.43. The molecule has 1 aliphatic heterocycles. The number of amides is 1. The van der Waals surface area contributed by atoms with Crippen molar-refractivity contribution in [2.75, 3.05) is 13.1 Å². The topological polar surface area (TPSA) is 40.5 Å². The third-order valence-electron chi connectivity index (χ3n) is 3.68. The van der Waals surface area contributed by atoms with Crippen LogP contribution in [-0.2, 0) is 0 Å². The smallest absolute Gasteiger partial charge is 0.264 e. The molecule has 1 saturated heterocycles. The molecule has 1 aromatic carbocycles. The van der Waals surface area contributed by atoms with Gasteiger partial charge in [0.1, 0.15) is 5.82 Å². The predicted octanol–water partition coefficient (Wildman–Crippen LogP) is 3.03. The Hall–Kier alpha value is -1.46. The van der Waals surface area contributed by atoms with Gasteiger partial charge in [-0.15, -0.1) is 11.3 Å². The minimum Gasteiger partial charge on any atom is -0.388 e. The summed E-state index contributed by atoms with van der Waals surface area (Å²) in [4.78, 5) is 14.7. The molecule has 0 spiro atoms. The molecule has 1 aromatic heterocycles. The van der Waals surface area contributed by atoms with Crippen molar-refractivity contribution in [2.45, 2.75) is 25.4 Å². The van der Waals surface area contributed by atoms with Crippen molar-refractivity contribution < 1.29 is 14.3 Å². The number of halogens is 1. The van der Waals surface area contributed by atoms with Crippen LogP contribution in [-0.4, -0.2) is 34.6 Å². The van der Waals surface area contributed by atoms with Crippen LogP contribution in [0.15, 0.2) is 24.3 Å². The van der Waals surface area contributed by atoms with Gasteiger partial charge >= 0.3 is 0 Å². The van der Waals surface area contributed by atoms with Gasteiger partial charge in [-0.2, -0.15) is 0 Å². The number of β-amino-alcohol motifs (C(OH)–C–C–N with tert-alkyl or cyclic N) is 1. The van der Waals surface area contributed by atoms with Crippen LogP contribution in [0.5, 0.6) is 0 Å². The van der Waals surface area contributed by atoms with E-state index in [1.54, 1.807) is 24.0 Å². The van der Waals surface area contributed by atoms with E-state index >= 15 is 0 Å². The van der Waals surface area contributed by atoms with Crippen LogP contribution in [0.2, 0.25) is 0 Å². The van der Waals surface area contributed by atoms with Gasteiger partial charge in [0.2, 0.25) is 0 Å². The highest BCUT2D eigenvalue weighted by Gasteiger charge is 2.31. The molecular weight excluding hydrogens is 277 g/mol. The quantitative estimate of drug-likeness (QED) is 0.878. The Balaban J connectivity index is 1.91. The average molecular weight is 293 g/mol. The zero-order chi connectivity index (χ0) is 14.3. The molecular formula is C15H16FNO2S. The average Bonchev–Trinajstić information content (AvgIpc) is 2.82. The van der Waals surface area contributed by atoms with E-state index < -0.39 is 5.60 Å². The van der Waals surface area contributed by atoms with Crippen molar-refractivity contribution in [1.29, 1.82) is 0 Å². The van der Waals surface area contributed by atoms with E-state index in [1.165, 1.54) is 17.4 Å². The van der Waals surface area contributed by atoms with Gasteiger partial charge in [-0.1, -0.05) is 6.07 Å². The molecule has 3 nitrogen and oxygen atoms in total. The second-order valence-electron chi connectivity index (χ2n) is 5.59. The molecule has 0 bridgehead atoms. The SMILES string of the molecule is CC1(O)CCCN(C(=O)c2cc3c(F)cccc3s2)C1. The van der Waals surface area contributed by atoms with Gasteiger partial charge in [0.05, 0.1) is 10.5 Å². The van der Waals surface area contributed by atoms with Gasteiger partial charge in [0, 0.05) is 23.2 Å². The number of nitrogens with zero attached hydrogens (tertiary/aromatic N) is 1. The molecule has 106 valence electrons. The number of fused-ring (bicyclic) bond motifs is 1. The summed E-state index contributed by atoms with van der Waals surface area (Å²) in [5.41, 5.74) is -0.824. The summed E-state index contributed by atoms with van der Waals surface area (Å²) in [6.45, 7) is 2.73. The van der Waals surface area contributed by atoms with Gasteiger partial charge < -0.3 is 10.0 Å². The summed E-state index contributed by atoms with van der Waals surface area (Å²) < 4.78 is 14.4. The second-order valence-corrected chi connectivity index (χ2v) is 6.67. The number of hydrogen-bond donors (Lipinski definition) is 1. The molecule has 5 heteroatoms. The molecule has 1 aliphatic rings. The number of rotatable bonds is 1. The van der Waals surface area contributed by atoms with Crippen LogP contribution >= 0.6 is 11.3 Å². The van der Waals surface area contributed by atoms with Crippen molar-refractivity contribution in [2.24, 2.45) is 0 Å². The van der Waals surface area contributed by atoms with Crippen LogP contribution in [0.25, 0.3) is 10.1 Å². The minimum atomic E-state index is -0.824. The number of likely N-dealkylation sites (tertiary alicyclic amines) is 1. The van der Waals surface area contributed by atoms with Crippen LogP contribution in [0.4, 0.5) is 4.39 Å². The van der Waals surface area contributed by atoms with E-state index in [1.807, 2.05) is 6.07 Å². The summed E-state index contributed by atoms with van der Waals surface area (Å²) in [5.74, 6) is -0.422. The third-order valence-corrected chi connectivity index (χ3v) is 4.77. The van der Waals surface area contributed by atoms with Crippen LogP contribution in [0.1, 0.15) is 29.4 Å². The number of thiophene rings is 1. The van der Waals surface area contributed by atoms with Crippen molar-refractivity contribution in [3.05, 3.63) is 35.0 Å². The fraction of sp³-hybridized carbons (Fsp3) is 0.400. The highest BCUT2D eigenvalue weighted by Crippen LogP contribution is 2.30. The first kappa shape index (κ1) is 13.5. The molecule has 0 aliphatic carbocycles. The number of benzene rings is 1. The lowest BCUT2D eigenvalue weighted by atomic mass is 9.95. The molecule has 20 heavy (non-hydrogen) atoms. The van der Waals surface area contributed by atoms with E-state index in [9.17, 15) is 14.3 Å². The Labute approximate surface area is 120 Å². The maximum absolute atomic E-state index is 13.7. The Morgan fingerprint density at radius 1 is 1.50 bits per heavy atom. The summed E-state index contributed by atoms with van der Waals surface area (Å²) in [5, 5.41) is 10.6. The maximum Gasteiger partial charge on any atom is 0.264 e. The standard InChI is InChI=1S/C15H16FNO2S/c1-15(19)6-3-7-17(9-15)14(18)13-8-10-11(16)4-2-5-12(10)20-13/h2,4-5,8,19H,3,6-7,9H2,1H3. The van der Waals surface area contributed by atoms with Crippen LogP contribution < -0.4 is 0 Å². The van der Waals surface area contributed by atoms with E-state index in [0.29, 0.717) is 29.8 Å². The first-order valence-corrected chi connectivity index (χ1v) is 7.48. The van der Waals surface area contributed by atoms with E-state index in [0.717, 1.165) is 11.1 Å². The molecule has 2 aromatic rings. The van der Waals surface area contributed by atoms with E-state index in [2.05, 4.69) is 0 Å². The van der Waals surface area contributed by atoms with Crippen molar-refractivity contribution >= 4 is 27.3 Å². The first-order chi connectivity index (χ1) is 9.46. The lowest BCUT2D eigenvalue weighted by Gasteiger charge is -2.36. The van der Waals surface area contributed by atoms with Crippen molar-refractivity contribution in [1.82, 2.24) is 4.90 Å². The molecule has 1 atom stereocenters. The minimum absolute atomic E-state index is 0.120. The Kier molecular flexibility index (Phi) is 3.26. The molecule has 1 amide bonds. The van der Waals surface area contributed by atoms with E-state index in [-0.39, 0.29) is 11.7 Å². The summed E-state index contributed by atoms with van der Waals surface area (Å²) >= 11 is 1.30. The zero-order valence-corrected chi connectivity index (χ0v) is 12.0. The van der Waals surface area contributed by atoms with Crippen LogP contribution in [0.3, 0.4) is 0 Å². The zero-order valence-electron chi connectivity index (χ0n) is 11.2. The Bertz CT molecular complexity index is 665. The van der Waals surface area contributed by atoms with Gasteiger partial charge in [-0.25, -0.2) is 4.39 Å². The summed E-state index contributed by atoms with van der Waals surface area (Å²) in [6, 6.07) is 6.47. The van der Waals surface area contributed by atoms with Crippen molar-refractivity contribution in [3.63, 3.8) is 0 Å². The molecule has 2 heterocycles. The number of carbonyl (C=O) groups excluding carboxylic acids is 1. The monoisotopic (exact) mass is 293 g/mol. The van der Waals surface area contributed by atoms with Gasteiger partial charge in [0.15, 0.2) is 0 Å². The maximum atomic E-state index is 13.7. The Morgan fingerprint density at radius 2 is 2.30 bits per heavy atom. The molecule has 1 fully saturated rings. The fourth-order valence-corrected chi connectivity index (χ4v) is 3.72. The highest BCUT2D eigenvalue weighted by molar-refractivity contribution is 7.20. The fourth-order valence-electron chi connectivity index (χ4n) is 2.68. The highest BCUT2D eigenvalue weighted by atomic mass is 32.1. The summed E-state index contributed by atoms with van der Waals surface area (Å²) in [7, 11) is 0. The normalized spacial score (nSPS) is 23.2. The van der Waals surface area contributed by atoms with E-state index in [4.69, 9.17) is 0 Å². The predicted molar refractivity (Wildman–Crippen MR) is 77.5 cm³/mol. The van der Waals surface area contributed by atoms with Crippen molar-refractivity contribution in [3.8, 4) is 0 Å². The lowest BCUT2D eigenvalue weighted by molar-refractivity contribution is -0.0105. The Morgan fingerprint density at radius 3 is 3.00 bits per heavy atom.